The van der Waals surface area contributed by atoms with Gasteiger partial charge in [-0.15, -0.1) is 17.4 Å². The fourth-order valence-corrected chi connectivity index (χ4v) is 3.64. The summed E-state index contributed by atoms with van der Waals surface area (Å²) in [6.45, 7) is 2.94. The number of rotatable bonds is 4. The molecule has 2 aliphatic rings. The minimum absolute atomic E-state index is 0.0678. The van der Waals surface area contributed by atoms with Gasteiger partial charge in [0.2, 0.25) is 0 Å². The van der Waals surface area contributed by atoms with E-state index in [0.717, 1.165) is 9.13 Å². The maximum Gasteiger partial charge on any atom is 0.493 e. The van der Waals surface area contributed by atoms with Crippen molar-refractivity contribution in [1.29, 1.82) is 0 Å². The molecule has 1 unspecified atom stereocenters. The van der Waals surface area contributed by atoms with Crippen LogP contribution in [0, 0.1) is 24.2 Å². The Labute approximate surface area is 181 Å². The second kappa shape index (κ2) is 8.98. The highest BCUT2D eigenvalue weighted by Crippen LogP contribution is 2.38. The summed E-state index contributed by atoms with van der Waals surface area (Å²) in [6, 6.07) is 0. The molecule has 0 amide bonds. The third kappa shape index (κ3) is 4.04. The minimum Gasteiger partial charge on any atom is -0.327 e. The molecule has 3 heterocycles. The average molecular weight is 454 g/mol. The first-order chi connectivity index (χ1) is 15.1. The number of hydrogen-bond acceptors (Lipinski definition) is 8. The largest absolute Gasteiger partial charge is 0.493 e. The Kier molecular flexibility index (Phi) is 6.52. The van der Waals surface area contributed by atoms with E-state index in [-0.39, 0.29) is 24.6 Å². The molecule has 1 N–H and O–H groups in total. The molecule has 1 aromatic heterocycles. The number of fused-ring (bicyclic) bond motifs is 1. The van der Waals surface area contributed by atoms with Crippen molar-refractivity contribution in [2.75, 3.05) is 42.7 Å². The summed E-state index contributed by atoms with van der Waals surface area (Å²) in [6.07, 6.45) is -1.14. The molecule has 0 aliphatic carbocycles. The molecule has 1 atom stereocenters. The molecule has 0 aromatic carbocycles. The minimum atomic E-state index is -5.29. The molecule has 172 valence electrons. The van der Waals surface area contributed by atoms with Gasteiger partial charge in [0.05, 0.1) is 13.1 Å². The lowest BCUT2D eigenvalue weighted by Crippen LogP contribution is -2.61. The van der Waals surface area contributed by atoms with Crippen molar-refractivity contribution in [2.45, 2.75) is 25.9 Å². The van der Waals surface area contributed by atoms with E-state index in [1.54, 1.807) is 11.8 Å². The van der Waals surface area contributed by atoms with Crippen LogP contribution in [0.3, 0.4) is 0 Å². The van der Waals surface area contributed by atoms with Crippen LogP contribution in [-0.4, -0.2) is 65.2 Å². The molecule has 32 heavy (non-hydrogen) atoms. The van der Waals surface area contributed by atoms with Crippen molar-refractivity contribution >= 4 is 17.5 Å². The molecule has 13 heteroatoms. The van der Waals surface area contributed by atoms with Crippen molar-refractivity contribution < 1.29 is 22.8 Å². The van der Waals surface area contributed by atoms with Crippen LogP contribution in [0.1, 0.15) is 6.92 Å². The molecular weight excluding hydrogens is 433 g/mol. The number of hydroxylamine groups is 1. The summed E-state index contributed by atoms with van der Waals surface area (Å²) >= 11 is 0. The van der Waals surface area contributed by atoms with Crippen LogP contribution < -0.4 is 26.5 Å². The second-order valence-corrected chi connectivity index (χ2v) is 7.00. The summed E-state index contributed by atoms with van der Waals surface area (Å²) in [5.41, 5.74) is -1.81. The Hall–Kier alpha value is -3.42. The highest BCUT2D eigenvalue weighted by atomic mass is 19.4. The molecule has 0 saturated carbocycles. The van der Waals surface area contributed by atoms with Gasteiger partial charge in [-0.2, -0.15) is 13.2 Å². The topological polar surface area (TPSA) is 92.0 Å². The standard InChI is InChI=1S/C19H21F3N6O4/c1-4-6-10-26-13-14(24(3)18(31)27(9-5-2)15(13)29)28(32-16(30)19(20,21)22)17(26)25-11-7-23-8-12-25/h2,17,23H,7-12H2,1,3H3. The Morgan fingerprint density at radius 1 is 1.25 bits per heavy atom. The lowest BCUT2D eigenvalue weighted by Gasteiger charge is -2.40. The van der Waals surface area contributed by atoms with E-state index in [4.69, 9.17) is 11.3 Å². The van der Waals surface area contributed by atoms with E-state index in [1.807, 2.05) is 0 Å². The average Bonchev–Trinajstić information content (AvgIpc) is 3.07. The van der Waals surface area contributed by atoms with Crippen molar-refractivity contribution in [1.82, 2.24) is 19.4 Å². The number of anilines is 2. The number of nitrogens with zero attached hydrogens (tertiary/aromatic N) is 5. The van der Waals surface area contributed by atoms with Crippen LogP contribution in [0.4, 0.5) is 24.7 Å². The van der Waals surface area contributed by atoms with Crippen LogP contribution in [-0.2, 0) is 23.2 Å². The van der Waals surface area contributed by atoms with Crippen LogP contribution >= 0.6 is 0 Å². The quantitative estimate of drug-likeness (QED) is 0.582. The molecule has 0 radical (unpaired) electrons. The molecule has 1 aromatic rings. The summed E-state index contributed by atoms with van der Waals surface area (Å²) in [5, 5.41) is 3.78. The van der Waals surface area contributed by atoms with E-state index < -0.39 is 29.7 Å². The number of halogens is 3. The fraction of sp³-hybridized carbons (Fsp3) is 0.526. The molecule has 2 aliphatic heterocycles. The molecule has 3 rings (SSSR count). The molecular formula is C19H21F3N6O4. The van der Waals surface area contributed by atoms with Crippen LogP contribution in [0.2, 0.25) is 0 Å². The lowest BCUT2D eigenvalue weighted by molar-refractivity contribution is -0.203. The van der Waals surface area contributed by atoms with E-state index in [9.17, 15) is 27.6 Å². The van der Waals surface area contributed by atoms with Gasteiger partial charge in [-0.25, -0.2) is 14.2 Å². The van der Waals surface area contributed by atoms with Gasteiger partial charge in [0.1, 0.15) is 0 Å². The normalized spacial score (nSPS) is 18.6. The molecule has 1 fully saturated rings. The Balaban J connectivity index is 2.26. The first kappa shape index (κ1) is 23.2. The number of terminal acetylenes is 1. The fourth-order valence-electron chi connectivity index (χ4n) is 3.64. The monoisotopic (exact) mass is 454 g/mol. The van der Waals surface area contributed by atoms with Gasteiger partial charge < -0.3 is 15.1 Å². The number of piperazine rings is 1. The zero-order valence-electron chi connectivity index (χ0n) is 17.4. The Bertz CT molecular complexity index is 1120. The number of nitrogens with one attached hydrogen (secondary N) is 1. The van der Waals surface area contributed by atoms with Crippen LogP contribution in [0.25, 0.3) is 0 Å². The van der Waals surface area contributed by atoms with Gasteiger partial charge in [0.15, 0.2) is 17.8 Å². The second-order valence-electron chi connectivity index (χ2n) is 7.00. The first-order valence-electron chi connectivity index (χ1n) is 9.60. The Morgan fingerprint density at radius 3 is 2.47 bits per heavy atom. The van der Waals surface area contributed by atoms with Gasteiger partial charge in [0.25, 0.3) is 5.56 Å². The zero-order chi connectivity index (χ0) is 23.6. The van der Waals surface area contributed by atoms with Gasteiger partial charge in [0, 0.05) is 33.2 Å². The van der Waals surface area contributed by atoms with Crippen molar-refractivity contribution in [3.63, 3.8) is 0 Å². The van der Waals surface area contributed by atoms with Gasteiger partial charge >= 0.3 is 17.8 Å². The maximum absolute atomic E-state index is 13.2. The predicted octanol–water partition coefficient (Wildman–Crippen LogP) is -0.961. The third-order valence-electron chi connectivity index (χ3n) is 5.05. The van der Waals surface area contributed by atoms with E-state index in [0.29, 0.717) is 31.2 Å². The smallest absolute Gasteiger partial charge is 0.327 e. The van der Waals surface area contributed by atoms with Gasteiger partial charge in [-0.3, -0.25) is 14.3 Å². The highest BCUT2D eigenvalue weighted by Gasteiger charge is 2.50. The SMILES string of the molecule is C#CCn1c(=O)c2c(n(C)c1=O)N(OC(=O)C(F)(F)F)C(N1CCNCC1)N2CC#CC. The summed E-state index contributed by atoms with van der Waals surface area (Å²) in [5.74, 6) is 4.91. The number of carbonyl (C=O) groups excluding carboxylic acids is 1. The molecule has 10 nitrogen and oxygen atoms in total. The first-order valence-corrected chi connectivity index (χ1v) is 9.60. The van der Waals surface area contributed by atoms with Crippen molar-refractivity contribution in [2.24, 2.45) is 7.05 Å². The van der Waals surface area contributed by atoms with Crippen molar-refractivity contribution in [3.05, 3.63) is 20.8 Å². The summed E-state index contributed by atoms with van der Waals surface area (Å²) in [7, 11) is 1.26. The van der Waals surface area contributed by atoms with Crippen LogP contribution in [0.15, 0.2) is 9.59 Å². The lowest BCUT2D eigenvalue weighted by atomic mass is 10.3. The number of alkyl halides is 3. The predicted molar refractivity (Wildman–Crippen MR) is 108 cm³/mol. The van der Waals surface area contributed by atoms with E-state index in [2.05, 4.69) is 23.1 Å². The van der Waals surface area contributed by atoms with Crippen molar-refractivity contribution in [3.8, 4) is 24.2 Å². The molecule has 0 spiro atoms. The Morgan fingerprint density at radius 2 is 1.91 bits per heavy atom. The van der Waals surface area contributed by atoms with E-state index in [1.165, 1.54) is 11.9 Å². The highest BCUT2D eigenvalue weighted by molar-refractivity contribution is 5.80. The number of aromatic nitrogens is 2. The third-order valence-corrected chi connectivity index (χ3v) is 5.05. The van der Waals surface area contributed by atoms with Gasteiger partial charge in [-0.1, -0.05) is 11.8 Å². The number of carbonyl (C=O) groups is 1. The van der Waals surface area contributed by atoms with Gasteiger partial charge in [-0.05, 0) is 6.92 Å². The summed E-state index contributed by atoms with van der Waals surface area (Å²) in [4.78, 5) is 45.6. The maximum atomic E-state index is 13.2. The molecule has 1 saturated heterocycles. The number of hydrogen-bond donors (Lipinski definition) is 1. The summed E-state index contributed by atoms with van der Waals surface area (Å²) < 4.78 is 40.9. The van der Waals surface area contributed by atoms with E-state index >= 15 is 0 Å². The zero-order valence-corrected chi connectivity index (χ0v) is 17.4. The van der Waals surface area contributed by atoms with Crippen LogP contribution in [0.5, 0.6) is 0 Å². The molecule has 0 bridgehead atoms.